The van der Waals surface area contributed by atoms with E-state index in [2.05, 4.69) is 17.6 Å². The molecule has 0 atom stereocenters. The van der Waals surface area contributed by atoms with E-state index in [-0.39, 0.29) is 24.5 Å². The number of carbonyl (C=O) groups excluding carboxylic acids is 2. The first-order valence-electron chi connectivity index (χ1n) is 10.6. The molecule has 1 aliphatic rings. The first-order valence-corrected chi connectivity index (χ1v) is 10.6. The van der Waals surface area contributed by atoms with Crippen LogP contribution in [0.25, 0.3) is 0 Å². The van der Waals surface area contributed by atoms with Crippen LogP contribution in [0.15, 0.2) is 48.5 Å². The Labute approximate surface area is 178 Å². The molecule has 30 heavy (non-hydrogen) atoms. The normalized spacial score (nSPS) is 14.5. The highest BCUT2D eigenvalue weighted by Crippen LogP contribution is 2.24. The van der Waals surface area contributed by atoms with Crippen LogP contribution in [-0.2, 0) is 4.79 Å². The van der Waals surface area contributed by atoms with Crippen molar-refractivity contribution in [3.05, 3.63) is 54.1 Å². The van der Waals surface area contributed by atoms with Gasteiger partial charge in [-0.15, -0.1) is 0 Å². The van der Waals surface area contributed by atoms with Gasteiger partial charge in [-0.3, -0.25) is 9.59 Å². The molecular weight excluding hydrogens is 378 g/mol. The van der Waals surface area contributed by atoms with Gasteiger partial charge in [0, 0.05) is 24.3 Å². The molecule has 6 nitrogen and oxygen atoms in total. The van der Waals surface area contributed by atoms with Gasteiger partial charge in [-0.25, -0.2) is 0 Å². The average molecular weight is 410 g/mol. The van der Waals surface area contributed by atoms with Crippen molar-refractivity contribution >= 4 is 23.2 Å². The van der Waals surface area contributed by atoms with Crippen LogP contribution in [0.1, 0.15) is 44.0 Å². The second-order valence-electron chi connectivity index (χ2n) is 8.12. The SMILES string of the molecule is CC1CCN(C(=O)c2cccc(NC(=O)CNc3ccccc3OC(C)C)c2)CC1. The molecule has 0 unspecified atom stereocenters. The highest BCUT2D eigenvalue weighted by atomic mass is 16.5. The number of benzene rings is 2. The summed E-state index contributed by atoms with van der Waals surface area (Å²) in [5.74, 6) is 1.22. The molecule has 6 heteroatoms. The van der Waals surface area contributed by atoms with Crippen molar-refractivity contribution in [3.8, 4) is 5.75 Å². The first kappa shape index (κ1) is 21.7. The summed E-state index contributed by atoms with van der Waals surface area (Å²) in [6.45, 7) is 7.82. The second kappa shape index (κ2) is 10.1. The number of nitrogens with one attached hydrogen (secondary N) is 2. The topological polar surface area (TPSA) is 70.7 Å². The van der Waals surface area contributed by atoms with Crippen molar-refractivity contribution in [2.75, 3.05) is 30.3 Å². The van der Waals surface area contributed by atoms with Gasteiger partial charge in [-0.2, -0.15) is 0 Å². The number of ether oxygens (including phenoxy) is 1. The molecule has 0 saturated carbocycles. The zero-order valence-corrected chi connectivity index (χ0v) is 18.0. The summed E-state index contributed by atoms with van der Waals surface area (Å²) >= 11 is 0. The molecule has 1 fully saturated rings. The van der Waals surface area contributed by atoms with Gasteiger partial charge < -0.3 is 20.3 Å². The maximum Gasteiger partial charge on any atom is 0.253 e. The first-order chi connectivity index (χ1) is 14.4. The Morgan fingerprint density at radius 2 is 1.83 bits per heavy atom. The maximum atomic E-state index is 12.8. The molecule has 0 spiro atoms. The number of para-hydroxylation sites is 2. The molecule has 2 N–H and O–H groups in total. The predicted molar refractivity (Wildman–Crippen MR) is 120 cm³/mol. The Hall–Kier alpha value is -3.02. The van der Waals surface area contributed by atoms with Crippen molar-refractivity contribution in [2.24, 2.45) is 5.92 Å². The molecular formula is C24H31N3O3. The minimum Gasteiger partial charge on any atom is -0.489 e. The average Bonchev–Trinajstić information content (AvgIpc) is 2.73. The largest absolute Gasteiger partial charge is 0.489 e. The second-order valence-corrected chi connectivity index (χ2v) is 8.12. The lowest BCUT2D eigenvalue weighted by Crippen LogP contribution is -2.37. The van der Waals surface area contributed by atoms with Crippen LogP contribution in [0.2, 0.25) is 0 Å². The van der Waals surface area contributed by atoms with Crippen LogP contribution < -0.4 is 15.4 Å². The van der Waals surface area contributed by atoms with E-state index in [4.69, 9.17) is 4.74 Å². The number of hydrogen-bond donors (Lipinski definition) is 2. The molecule has 0 bridgehead atoms. The Kier molecular flexibility index (Phi) is 7.33. The lowest BCUT2D eigenvalue weighted by molar-refractivity contribution is -0.114. The summed E-state index contributed by atoms with van der Waals surface area (Å²) in [5, 5.41) is 5.98. The van der Waals surface area contributed by atoms with Crippen LogP contribution in [0.5, 0.6) is 5.75 Å². The van der Waals surface area contributed by atoms with Crippen molar-refractivity contribution in [3.63, 3.8) is 0 Å². The van der Waals surface area contributed by atoms with E-state index in [1.54, 1.807) is 24.3 Å². The van der Waals surface area contributed by atoms with E-state index in [0.717, 1.165) is 31.6 Å². The zero-order valence-electron chi connectivity index (χ0n) is 18.0. The van der Waals surface area contributed by atoms with E-state index < -0.39 is 0 Å². The standard InChI is InChI=1S/C24H31N3O3/c1-17(2)30-22-10-5-4-9-21(22)25-16-23(28)26-20-8-6-7-19(15-20)24(29)27-13-11-18(3)12-14-27/h4-10,15,17-18,25H,11-14,16H2,1-3H3,(H,26,28). The number of piperidine rings is 1. The third-order valence-electron chi connectivity index (χ3n) is 5.15. The number of nitrogens with zero attached hydrogens (tertiary/aromatic N) is 1. The van der Waals surface area contributed by atoms with Gasteiger partial charge in [0.15, 0.2) is 0 Å². The van der Waals surface area contributed by atoms with E-state index >= 15 is 0 Å². The number of rotatable bonds is 7. The van der Waals surface area contributed by atoms with Gasteiger partial charge in [-0.1, -0.05) is 25.1 Å². The molecule has 160 valence electrons. The van der Waals surface area contributed by atoms with Gasteiger partial charge in [0.2, 0.25) is 5.91 Å². The van der Waals surface area contributed by atoms with Crippen molar-refractivity contribution in [2.45, 2.75) is 39.7 Å². The van der Waals surface area contributed by atoms with Crippen molar-refractivity contribution in [1.29, 1.82) is 0 Å². The fourth-order valence-electron chi connectivity index (χ4n) is 3.47. The molecule has 3 rings (SSSR count). The molecule has 1 aliphatic heterocycles. The highest BCUT2D eigenvalue weighted by Gasteiger charge is 2.21. The number of hydrogen-bond acceptors (Lipinski definition) is 4. The van der Waals surface area contributed by atoms with Crippen LogP contribution in [0, 0.1) is 5.92 Å². The molecule has 0 aromatic heterocycles. The summed E-state index contributed by atoms with van der Waals surface area (Å²) in [4.78, 5) is 27.1. The summed E-state index contributed by atoms with van der Waals surface area (Å²) < 4.78 is 5.77. The fraction of sp³-hybridized carbons (Fsp3) is 0.417. The number of anilines is 2. The third kappa shape index (κ3) is 5.99. The number of amides is 2. The number of carbonyl (C=O) groups is 2. The van der Waals surface area contributed by atoms with Crippen molar-refractivity contribution < 1.29 is 14.3 Å². The van der Waals surface area contributed by atoms with Crippen LogP contribution in [0.4, 0.5) is 11.4 Å². The summed E-state index contributed by atoms with van der Waals surface area (Å²) in [5.41, 5.74) is 1.99. The number of likely N-dealkylation sites (tertiary alicyclic amines) is 1. The fourth-order valence-corrected chi connectivity index (χ4v) is 3.47. The van der Waals surface area contributed by atoms with E-state index in [1.165, 1.54) is 0 Å². The molecule has 1 saturated heterocycles. The lowest BCUT2D eigenvalue weighted by atomic mass is 9.98. The van der Waals surface area contributed by atoms with E-state index in [9.17, 15) is 9.59 Å². The van der Waals surface area contributed by atoms with E-state index in [0.29, 0.717) is 22.9 Å². The smallest absolute Gasteiger partial charge is 0.253 e. The van der Waals surface area contributed by atoms with Crippen LogP contribution in [0.3, 0.4) is 0 Å². The quantitative estimate of drug-likeness (QED) is 0.711. The minimum atomic E-state index is -0.189. The lowest BCUT2D eigenvalue weighted by Gasteiger charge is -2.30. The zero-order chi connectivity index (χ0) is 21.5. The van der Waals surface area contributed by atoms with Crippen LogP contribution in [-0.4, -0.2) is 42.5 Å². The molecule has 0 aliphatic carbocycles. The monoisotopic (exact) mass is 409 g/mol. The molecule has 2 amide bonds. The predicted octanol–water partition coefficient (Wildman–Crippen LogP) is 4.40. The van der Waals surface area contributed by atoms with Gasteiger partial charge in [-0.05, 0) is 62.9 Å². The molecule has 2 aromatic rings. The molecule has 2 aromatic carbocycles. The Balaban J connectivity index is 1.57. The summed E-state index contributed by atoms with van der Waals surface area (Å²) in [7, 11) is 0. The third-order valence-corrected chi connectivity index (χ3v) is 5.15. The molecule has 0 radical (unpaired) electrons. The summed E-state index contributed by atoms with van der Waals surface area (Å²) in [6, 6.07) is 14.7. The van der Waals surface area contributed by atoms with Gasteiger partial charge in [0.25, 0.3) is 5.91 Å². The minimum absolute atomic E-state index is 0.0240. The van der Waals surface area contributed by atoms with Gasteiger partial charge >= 0.3 is 0 Å². The van der Waals surface area contributed by atoms with Gasteiger partial charge in [0.05, 0.1) is 18.3 Å². The van der Waals surface area contributed by atoms with E-state index in [1.807, 2.05) is 43.0 Å². The van der Waals surface area contributed by atoms with Crippen molar-refractivity contribution in [1.82, 2.24) is 4.90 Å². The summed E-state index contributed by atoms with van der Waals surface area (Å²) in [6.07, 6.45) is 2.12. The van der Waals surface area contributed by atoms with Crippen LogP contribution >= 0.6 is 0 Å². The Morgan fingerprint density at radius 1 is 1.10 bits per heavy atom. The van der Waals surface area contributed by atoms with Gasteiger partial charge in [0.1, 0.15) is 5.75 Å². The Bertz CT molecular complexity index is 874. The maximum absolute atomic E-state index is 12.8. The Morgan fingerprint density at radius 3 is 2.57 bits per heavy atom. The highest BCUT2D eigenvalue weighted by molar-refractivity contribution is 5.98. The molecule has 1 heterocycles.